The Morgan fingerprint density at radius 3 is 2.32 bits per heavy atom. The van der Waals surface area contributed by atoms with Crippen molar-refractivity contribution in [1.29, 1.82) is 0 Å². The monoisotopic (exact) mass is 552 g/mol. The average Bonchev–Trinajstić information content (AvgIpc) is 2.91. The Bertz CT molecular complexity index is 1000. The van der Waals surface area contributed by atoms with E-state index >= 15 is 0 Å². The van der Waals surface area contributed by atoms with Gasteiger partial charge in [-0.25, -0.2) is 8.42 Å². The predicted molar refractivity (Wildman–Crippen MR) is 150 cm³/mol. The largest absolute Gasteiger partial charge is 0.497 e. The number of aryl methyl sites for hydroxylation is 2. The number of rotatable bonds is 12. The second kappa shape index (κ2) is 14.1. The molecule has 0 unspecified atom stereocenters. The van der Waals surface area contributed by atoms with Gasteiger partial charge in [0.05, 0.1) is 18.6 Å². The molecule has 2 aliphatic rings. The highest BCUT2D eigenvalue weighted by Gasteiger charge is 2.32. The van der Waals surface area contributed by atoms with E-state index in [-0.39, 0.29) is 31.7 Å². The molecule has 1 heterocycles. The fraction of sp³-hybridized carbons (Fsp3) is 0.750. The van der Waals surface area contributed by atoms with Gasteiger partial charge >= 0.3 is 0 Å². The Hall–Kier alpha value is -1.72. The third kappa shape index (κ3) is 7.47. The third-order valence-corrected chi connectivity index (χ3v) is 10.5. The summed E-state index contributed by atoms with van der Waals surface area (Å²) in [6, 6.07) is 4.24. The summed E-state index contributed by atoms with van der Waals surface area (Å²) in [5.74, 6) is 0.593. The molecule has 0 N–H and O–H groups in total. The van der Waals surface area contributed by atoms with Crippen molar-refractivity contribution in [2.24, 2.45) is 0 Å². The van der Waals surface area contributed by atoms with Crippen molar-refractivity contribution in [2.45, 2.75) is 70.4 Å². The van der Waals surface area contributed by atoms with Gasteiger partial charge in [0.15, 0.2) is 0 Å². The zero-order valence-electron chi connectivity index (χ0n) is 24.2. The van der Waals surface area contributed by atoms with E-state index in [4.69, 9.17) is 9.47 Å². The molecule has 1 aromatic carbocycles. The van der Waals surface area contributed by atoms with Crippen molar-refractivity contribution in [3.63, 3.8) is 0 Å². The van der Waals surface area contributed by atoms with Gasteiger partial charge < -0.3 is 19.3 Å². The van der Waals surface area contributed by atoms with Crippen molar-refractivity contribution in [3.8, 4) is 5.75 Å². The molecule has 1 amide bonds. The highest BCUT2D eigenvalue weighted by molar-refractivity contribution is 7.89. The van der Waals surface area contributed by atoms with E-state index in [0.29, 0.717) is 34.4 Å². The second-order valence-corrected chi connectivity index (χ2v) is 12.5. The number of carbonyl (C=O) groups excluding carboxylic acids is 1. The highest BCUT2D eigenvalue weighted by Crippen LogP contribution is 2.29. The lowest BCUT2D eigenvalue weighted by Gasteiger charge is -2.43. The number of piperazine rings is 1. The standard InChI is InChI=1S/C28H48N4O5S/c1-7-30-12-14-31(15-13-30)25-11-9-10-24(20-25)29(5)27(33)21-37-17-16-32(8-2)38(34,35)28-22(3)18-26(36-6)19-23(28)4/h18-19,24-25H,7-17,20-21H2,1-6H3/t24-,25-/m1/s1. The molecule has 2 fully saturated rings. The summed E-state index contributed by atoms with van der Waals surface area (Å²) >= 11 is 0. The Balaban J connectivity index is 1.49. The SMILES string of the molecule is CCN1CCN([C@@H]2CCC[C@@H](N(C)C(=O)COCCN(CC)S(=O)(=O)c3c(C)cc(OC)cc3C)C2)CC1. The molecule has 0 bridgehead atoms. The number of amides is 1. The summed E-state index contributed by atoms with van der Waals surface area (Å²) in [6.07, 6.45) is 4.37. The quantitative estimate of drug-likeness (QED) is 0.369. The molecular weight excluding hydrogens is 504 g/mol. The maximum absolute atomic E-state index is 13.4. The first-order valence-corrected chi connectivity index (χ1v) is 15.5. The first-order valence-electron chi connectivity index (χ1n) is 14.1. The van der Waals surface area contributed by atoms with Gasteiger partial charge in [-0.05, 0) is 69.3 Å². The lowest BCUT2D eigenvalue weighted by Crippen LogP contribution is -2.53. The number of benzene rings is 1. The van der Waals surface area contributed by atoms with Crippen molar-refractivity contribution in [1.82, 2.24) is 19.0 Å². The van der Waals surface area contributed by atoms with Crippen molar-refractivity contribution >= 4 is 15.9 Å². The van der Waals surface area contributed by atoms with E-state index in [0.717, 1.165) is 52.0 Å². The molecule has 10 heteroatoms. The highest BCUT2D eigenvalue weighted by atomic mass is 32.2. The molecule has 0 aromatic heterocycles. The van der Waals surface area contributed by atoms with E-state index < -0.39 is 10.0 Å². The van der Waals surface area contributed by atoms with Crippen LogP contribution in [0.2, 0.25) is 0 Å². The first kappa shape index (κ1) is 30.8. The second-order valence-electron chi connectivity index (χ2n) is 10.6. The Labute approximate surface area is 230 Å². The average molecular weight is 553 g/mol. The maximum Gasteiger partial charge on any atom is 0.248 e. The molecule has 1 saturated carbocycles. The van der Waals surface area contributed by atoms with Gasteiger partial charge in [-0.2, -0.15) is 4.31 Å². The number of nitrogens with zero attached hydrogens (tertiary/aromatic N) is 4. The zero-order chi connectivity index (χ0) is 27.9. The van der Waals surface area contributed by atoms with Crippen molar-refractivity contribution < 1.29 is 22.7 Å². The Morgan fingerprint density at radius 1 is 1.08 bits per heavy atom. The number of methoxy groups -OCH3 is 1. The normalized spacial score (nSPS) is 21.6. The van der Waals surface area contributed by atoms with Crippen molar-refractivity contribution in [2.75, 3.05) is 73.2 Å². The molecule has 1 aromatic rings. The van der Waals surface area contributed by atoms with Crippen LogP contribution in [0.5, 0.6) is 5.75 Å². The van der Waals surface area contributed by atoms with E-state index in [9.17, 15) is 13.2 Å². The molecule has 9 nitrogen and oxygen atoms in total. The van der Waals surface area contributed by atoms with Crippen LogP contribution < -0.4 is 4.74 Å². The summed E-state index contributed by atoms with van der Waals surface area (Å²) in [4.78, 5) is 20.2. The summed E-state index contributed by atoms with van der Waals surface area (Å²) in [5.41, 5.74) is 1.30. The van der Waals surface area contributed by atoms with Crippen LogP contribution in [0.1, 0.15) is 50.7 Å². The summed E-state index contributed by atoms with van der Waals surface area (Å²) in [5, 5.41) is 0. The number of ether oxygens (including phenoxy) is 2. The first-order chi connectivity index (χ1) is 18.1. The van der Waals surface area contributed by atoms with E-state index in [1.165, 1.54) is 10.7 Å². The molecule has 38 heavy (non-hydrogen) atoms. The van der Waals surface area contributed by atoms with Gasteiger partial charge in [0.2, 0.25) is 15.9 Å². The summed E-state index contributed by atoms with van der Waals surface area (Å²) in [7, 11) is -0.251. The Kier molecular flexibility index (Phi) is 11.4. The minimum absolute atomic E-state index is 0.0367. The minimum Gasteiger partial charge on any atom is -0.497 e. The smallest absolute Gasteiger partial charge is 0.248 e. The number of hydrogen-bond acceptors (Lipinski definition) is 7. The molecule has 0 spiro atoms. The molecule has 1 aliphatic heterocycles. The lowest BCUT2D eigenvalue weighted by atomic mass is 9.88. The molecular formula is C28H48N4O5S. The van der Waals surface area contributed by atoms with Crippen LogP contribution in [0.15, 0.2) is 17.0 Å². The van der Waals surface area contributed by atoms with Crippen LogP contribution >= 0.6 is 0 Å². The van der Waals surface area contributed by atoms with Gasteiger partial charge in [-0.3, -0.25) is 9.69 Å². The van der Waals surface area contributed by atoms with E-state index in [1.807, 2.05) is 18.9 Å². The maximum atomic E-state index is 13.4. The summed E-state index contributed by atoms with van der Waals surface area (Å²) < 4.78 is 39.2. The molecule has 3 rings (SSSR count). The van der Waals surface area contributed by atoms with Gasteiger partial charge in [0.25, 0.3) is 0 Å². The fourth-order valence-corrected chi connectivity index (χ4v) is 7.76. The number of sulfonamides is 1. The summed E-state index contributed by atoms with van der Waals surface area (Å²) in [6.45, 7) is 13.8. The van der Waals surface area contributed by atoms with Crippen LogP contribution in [-0.4, -0.2) is 119 Å². The van der Waals surface area contributed by atoms with Gasteiger partial charge in [0.1, 0.15) is 12.4 Å². The Morgan fingerprint density at radius 2 is 1.74 bits per heavy atom. The minimum atomic E-state index is -3.70. The van der Waals surface area contributed by atoms with E-state index in [2.05, 4.69) is 16.7 Å². The van der Waals surface area contributed by atoms with Crippen LogP contribution in [0.3, 0.4) is 0 Å². The number of carbonyl (C=O) groups is 1. The topological polar surface area (TPSA) is 82.6 Å². The predicted octanol–water partition coefficient (Wildman–Crippen LogP) is 2.75. The number of hydrogen-bond donors (Lipinski definition) is 0. The molecule has 0 radical (unpaired) electrons. The van der Waals surface area contributed by atoms with Crippen LogP contribution in [0.25, 0.3) is 0 Å². The van der Waals surface area contributed by atoms with E-state index in [1.54, 1.807) is 33.1 Å². The van der Waals surface area contributed by atoms with Crippen LogP contribution in [0.4, 0.5) is 0 Å². The van der Waals surface area contributed by atoms with Crippen LogP contribution in [-0.2, 0) is 19.6 Å². The van der Waals surface area contributed by atoms with Gasteiger partial charge in [-0.15, -0.1) is 0 Å². The molecule has 1 aliphatic carbocycles. The van der Waals surface area contributed by atoms with Crippen molar-refractivity contribution in [3.05, 3.63) is 23.3 Å². The fourth-order valence-electron chi connectivity index (χ4n) is 5.91. The lowest BCUT2D eigenvalue weighted by molar-refractivity contribution is -0.138. The number of likely N-dealkylation sites (N-methyl/N-ethyl adjacent to an activating group) is 3. The van der Waals surface area contributed by atoms with Crippen LogP contribution in [0, 0.1) is 13.8 Å². The van der Waals surface area contributed by atoms with Gasteiger partial charge in [-0.1, -0.05) is 13.8 Å². The molecule has 216 valence electrons. The zero-order valence-corrected chi connectivity index (χ0v) is 25.1. The molecule has 2 atom stereocenters. The molecule has 1 saturated heterocycles. The third-order valence-electron chi connectivity index (χ3n) is 8.26. The van der Waals surface area contributed by atoms with Gasteiger partial charge in [0, 0.05) is 58.4 Å².